The topological polar surface area (TPSA) is 84.1 Å². The molecule has 6 heteroatoms. The largest absolute Gasteiger partial charge is 0.448 e. The molecule has 0 radical (unpaired) electrons. The summed E-state index contributed by atoms with van der Waals surface area (Å²) in [6.07, 6.45) is 0.980. The van der Waals surface area contributed by atoms with Crippen molar-refractivity contribution < 1.29 is 9.53 Å². The number of ether oxygens (including phenoxy) is 1. The summed E-state index contributed by atoms with van der Waals surface area (Å²) in [6, 6.07) is 21.1. The highest BCUT2D eigenvalue weighted by atomic mass is 16.5. The molecule has 0 fully saturated rings. The number of rotatable bonds is 3. The highest BCUT2D eigenvalue weighted by Gasteiger charge is 2.29. The number of pyridine rings is 2. The van der Waals surface area contributed by atoms with Crippen LogP contribution in [0.2, 0.25) is 0 Å². The van der Waals surface area contributed by atoms with E-state index in [1.54, 1.807) is 18.3 Å². The molecule has 1 amide bonds. The molecule has 0 saturated carbocycles. The molecule has 142 valence electrons. The van der Waals surface area contributed by atoms with Crippen molar-refractivity contribution in [1.82, 2.24) is 9.97 Å². The second-order valence-corrected chi connectivity index (χ2v) is 6.90. The van der Waals surface area contributed by atoms with Crippen LogP contribution in [0.25, 0.3) is 22.2 Å². The summed E-state index contributed by atoms with van der Waals surface area (Å²) in [4.78, 5) is 31.3. The zero-order valence-corrected chi connectivity index (χ0v) is 15.4. The number of hydrogen-bond acceptors (Lipinski definition) is 4. The van der Waals surface area contributed by atoms with Crippen molar-refractivity contribution in [2.45, 2.75) is 5.92 Å². The maximum absolute atomic E-state index is 12.5. The quantitative estimate of drug-likeness (QED) is 0.553. The van der Waals surface area contributed by atoms with Gasteiger partial charge in [-0.2, -0.15) is 0 Å². The van der Waals surface area contributed by atoms with Gasteiger partial charge in [0.1, 0.15) is 12.1 Å². The summed E-state index contributed by atoms with van der Waals surface area (Å²) >= 11 is 0. The molecular formula is C23H17N3O3. The predicted molar refractivity (Wildman–Crippen MR) is 111 cm³/mol. The average molecular weight is 383 g/mol. The number of fused-ring (bicyclic) bond motifs is 4. The lowest BCUT2D eigenvalue weighted by molar-refractivity contribution is 0.158. The number of aromatic nitrogens is 2. The number of aromatic amines is 1. The fourth-order valence-corrected chi connectivity index (χ4v) is 3.93. The van der Waals surface area contributed by atoms with E-state index in [-0.39, 0.29) is 18.1 Å². The van der Waals surface area contributed by atoms with Crippen molar-refractivity contribution in [3.05, 3.63) is 94.4 Å². The van der Waals surface area contributed by atoms with Crippen LogP contribution in [0.3, 0.4) is 0 Å². The van der Waals surface area contributed by atoms with Crippen LogP contribution in [-0.2, 0) is 4.74 Å². The number of nitrogens with one attached hydrogen (secondary N) is 2. The van der Waals surface area contributed by atoms with E-state index in [0.29, 0.717) is 16.7 Å². The zero-order valence-electron chi connectivity index (χ0n) is 15.4. The maximum atomic E-state index is 12.5. The third-order valence-electron chi connectivity index (χ3n) is 5.18. The molecule has 0 bridgehead atoms. The molecule has 2 aromatic carbocycles. The molecule has 5 rings (SSSR count). The second-order valence-electron chi connectivity index (χ2n) is 6.90. The van der Waals surface area contributed by atoms with Crippen LogP contribution in [-0.4, -0.2) is 22.7 Å². The summed E-state index contributed by atoms with van der Waals surface area (Å²) in [5.74, 6) is -0.0257. The molecule has 2 N–H and O–H groups in total. The molecular weight excluding hydrogens is 366 g/mol. The summed E-state index contributed by atoms with van der Waals surface area (Å²) in [5, 5.41) is 2.65. The number of anilines is 1. The number of carbonyl (C=O) groups excluding carboxylic acids is 1. The number of hydrogen-bond donors (Lipinski definition) is 2. The monoisotopic (exact) mass is 383 g/mol. The Morgan fingerprint density at radius 3 is 2.41 bits per heavy atom. The normalized spacial score (nSPS) is 12.4. The third kappa shape index (κ3) is 3.04. The Morgan fingerprint density at radius 2 is 1.69 bits per heavy atom. The Morgan fingerprint density at radius 1 is 1.00 bits per heavy atom. The SMILES string of the molecule is O=C(Nc1cc(=O)[nH]c2cccnc12)OCC1c2ccccc2-c2ccccc21. The molecule has 0 spiro atoms. The van der Waals surface area contributed by atoms with Gasteiger partial charge in [0, 0.05) is 18.2 Å². The van der Waals surface area contributed by atoms with Crippen LogP contribution in [0.15, 0.2) is 77.7 Å². The molecule has 0 aliphatic heterocycles. The number of nitrogens with zero attached hydrogens (tertiary/aromatic N) is 1. The van der Waals surface area contributed by atoms with Gasteiger partial charge in [0.25, 0.3) is 5.56 Å². The highest BCUT2D eigenvalue weighted by molar-refractivity contribution is 5.96. The predicted octanol–water partition coefficient (Wildman–Crippen LogP) is 4.28. The lowest BCUT2D eigenvalue weighted by Gasteiger charge is -2.15. The van der Waals surface area contributed by atoms with Gasteiger partial charge in [-0.3, -0.25) is 15.1 Å². The molecule has 2 heterocycles. The van der Waals surface area contributed by atoms with E-state index in [9.17, 15) is 9.59 Å². The summed E-state index contributed by atoms with van der Waals surface area (Å²) in [6.45, 7) is 0.203. The minimum absolute atomic E-state index is 0.0257. The summed E-state index contributed by atoms with van der Waals surface area (Å²) in [7, 11) is 0. The standard InChI is InChI=1S/C23H17N3O3/c27-21-12-20(22-19(25-21)10-5-11-24-22)26-23(28)29-13-18-16-8-3-1-6-14(16)15-7-2-4-9-17(15)18/h1-12,18H,13H2,(H2,25,26,27,28). The third-order valence-corrected chi connectivity index (χ3v) is 5.18. The van der Waals surface area contributed by atoms with Crippen LogP contribution < -0.4 is 10.9 Å². The van der Waals surface area contributed by atoms with Crippen LogP contribution in [0.1, 0.15) is 17.0 Å². The van der Waals surface area contributed by atoms with Crippen LogP contribution >= 0.6 is 0 Å². The first kappa shape index (κ1) is 17.2. The molecule has 6 nitrogen and oxygen atoms in total. The van der Waals surface area contributed by atoms with Crippen LogP contribution in [0.5, 0.6) is 0 Å². The molecule has 2 aromatic heterocycles. The fraction of sp³-hybridized carbons (Fsp3) is 0.0870. The lowest BCUT2D eigenvalue weighted by atomic mass is 9.98. The Balaban J connectivity index is 1.38. The van der Waals surface area contributed by atoms with Crippen molar-refractivity contribution in [1.29, 1.82) is 0 Å². The number of carbonyl (C=O) groups is 1. The van der Waals surface area contributed by atoms with E-state index in [1.165, 1.54) is 17.2 Å². The fourth-order valence-electron chi connectivity index (χ4n) is 3.93. The van der Waals surface area contributed by atoms with Gasteiger partial charge in [-0.25, -0.2) is 4.79 Å². The molecule has 1 aliphatic rings. The molecule has 0 saturated heterocycles. The van der Waals surface area contributed by atoms with E-state index >= 15 is 0 Å². The molecule has 4 aromatic rings. The van der Waals surface area contributed by atoms with Gasteiger partial charge in [-0.15, -0.1) is 0 Å². The van der Waals surface area contributed by atoms with Gasteiger partial charge in [-0.1, -0.05) is 48.5 Å². The molecule has 1 aliphatic carbocycles. The minimum Gasteiger partial charge on any atom is -0.448 e. The number of benzene rings is 2. The minimum atomic E-state index is -0.621. The summed E-state index contributed by atoms with van der Waals surface area (Å²) in [5.41, 5.74) is 5.67. The Bertz CT molecular complexity index is 1250. The first-order valence-electron chi connectivity index (χ1n) is 9.31. The first-order chi connectivity index (χ1) is 14.2. The Kier molecular flexibility index (Phi) is 4.09. The number of H-pyrrole nitrogens is 1. The first-order valence-corrected chi connectivity index (χ1v) is 9.31. The second kappa shape index (κ2) is 6.91. The average Bonchev–Trinajstić information content (AvgIpc) is 3.06. The van der Waals surface area contributed by atoms with Crippen molar-refractivity contribution in [2.24, 2.45) is 0 Å². The highest BCUT2D eigenvalue weighted by Crippen LogP contribution is 2.44. The van der Waals surface area contributed by atoms with Gasteiger partial charge in [0.05, 0.1) is 11.2 Å². The van der Waals surface area contributed by atoms with E-state index in [1.807, 2.05) is 24.3 Å². The van der Waals surface area contributed by atoms with Crippen LogP contribution in [0.4, 0.5) is 10.5 Å². The van der Waals surface area contributed by atoms with Crippen molar-refractivity contribution >= 4 is 22.8 Å². The van der Waals surface area contributed by atoms with Crippen molar-refractivity contribution in [3.63, 3.8) is 0 Å². The molecule has 0 unspecified atom stereocenters. The van der Waals surface area contributed by atoms with Gasteiger partial charge in [0.2, 0.25) is 0 Å². The smallest absolute Gasteiger partial charge is 0.411 e. The Labute approximate surface area is 166 Å². The maximum Gasteiger partial charge on any atom is 0.411 e. The summed E-state index contributed by atoms with van der Waals surface area (Å²) < 4.78 is 5.54. The number of amides is 1. The van der Waals surface area contributed by atoms with Crippen molar-refractivity contribution in [3.8, 4) is 11.1 Å². The van der Waals surface area contributed by atoms with E-state index in [0.717, 1.165) is 11.1 Å². The molecule has 0 atom stereocenters. The van der Waals surface area contributed by atoms with Gasteiger partial charge < -0.3 is 9.72 Å². The van der Waals surface area contributed by atoms with Gasteiger partial charge in [-0.05, 0) is 34.4 Å². The van der Waals surface area contributed by atoms with E-state index < -0.39 is 6.09 Å². The van der Waals surface area contributed by atoms with Gasteiger partial charge >= 0.3 is 6.09 Å². The van der Waals surface area contributed by atoms with E-state index in [4.69, 9.17) is 4.74 Å². The lowest BCUT2D eigenvalue weighted by Crippen LogP contribution is -2.19. The Hall–Kier alpha value is -3.93. The zero-order chi connectivity index (χ0) is 19.8. The van der Waals surface area contributed by atoms with Gasteiger partial charge in [0.15, 0.2) is 0 Å². The van der Waals surface area contributed by atoms with E-state index in [2.05, 4.69) is 39.6 Å². The van der Waals surface area contributed by atoms with Crippen molar-refractivity contribution in [2.75, 3.05) is 11.9 Å². The van der Waals surface area contributed by atoms with Crippen LogP contribution in [0, 0.1) is 0 Å². The molecule has 29 heavy (non-hydrogen) atoms.